The maximum absolute atomic E-state index is 14.4. The zero-order chi connectivity index (χ0) is 22.8. The third-order valence-electron chi connectivity index (χ3n) is 5.36. The molecule has 8 nitrogen and oxygen atoms in total. The lowest BCUT2D eigenvalue weighted by atomic mass is 9.93. The number of ether oxygens (including phenoxy) is 1. The average molecular weight is 465 g/mol. The Bertz CT molecular complexity index is 1150. The largest absolute Gasteiger partial charge is 0.465 e. The highest BCUT2D eigenvalue weighted by Gasteiger charge is 2.37. The van der Waals surface area contributed by atoms with Gasteiger partial charge in [0.25, 0.3) is 0 Å². The summed E-state index contributed by atoms with van der Waals surface area (Å²) in [4.78, 5) is 25.6. The number of benzene rings is 2. The molecule has 1 saturated heterocycles. The lowest BCUT2D eigenvalue weighted by molar-refractivity contribution is 0.0177. The van der Waals surface area contributed by atoms with Crippen molar-refractivity contribution in [3.8, 4) is 0 Å². The Morgan fingerprint density at radius 3 is 2.81 bits per heavy atom. The number of hydrogen-bond acceptors (Lipinski definition) is 4. The number of nitrogens with zero attached hydrogens (tertiary/aromatic N) is 2. The van der Waals surface area contributed by atoms with Gasteiger partial charge in [0.2, 0.25) is 0 Å². The number of piperidine rings is 1. The average Bonchev–Trinajstić information content (AvgIpc) is 3.18. The van der Waals surface area contributed by atoms with Gasteiger partial charge in [-0.2, -0.15) is 5.10 Å². The van der Waals surface area contributed by atoms with Crippen molar-refractivity contribution < 1.29 is 28.2 Å². The monoisotopic (exact) mass is 464 g/mol. The topological polar surface area (TPSA) is 108 Å². The highest BCUT2D eigenvalue weighted by atomic mass is 35.5. The van der Waals surface area contributed by atoms with E-state index in [2.05, 4.69) is 15.5 Å². The summed E-state index contributed by atoms with van der Waals surface area (Å²) in [6.07, 6.45) is -0.133. The van der Waals surface area contributed by atoms with Crippen LogP contribution in [0.25, 0.3) is 10.9 Å². The number of nitrogens with one attached hydrogen (secondary N) is 2. The predicted molar refractivity (Wildman–Crippen MR) is 113 cm³/mol. The summed E-state index contributed by atoms with van der Waals surface area (Å²) >= 11 is 5.98. The molecule has 1 unspecified atom stereocenters. The zero-order valence-corrected chi connectivity index (χ0v) is 17.4. The number of hydrogen-bond donors (Lipinski definition) is 3. The maximum Gasteiger partial charge on any atom is 0.412 e. The van der Waals surface area contributed by atoms with E-state index in [1.54, 1.807) is 0 Å². The molecule has 2 heterocycles. The first kappa shape index (κ1) is 21.8. The summed E-state index contributed by atoms with van der Waals surface area (Å²) in [7, 11) is 0. The SMILES string of the molecule is O=C(Nc1cc2cn[nH]c2cc1F)OC(c1cc(F)cc(Cl)c1)[C@@H]1CCCCN1C(=O)O. The molecule has 11 heteroatoms. The van der Waals surface area contributed by atoms with Crippen LogP contribution in [0.1, 0.15) is 30.9 Å². The predicted octanol–water partition coefficient (Wildman–Crippen LogP) is 5.32. The fraction of sp³-hybridized carbons (Fsp3) is 0.286. The second-order valence-electron chi connectivity index (χ2n) is 7.48. The Labute approximate surface area is 186 Å². The zero-order valence-electron chi connectivity index (χ0n) is 16.6. The van der Waals surface area contributed by atoms with Gasteiger partial charge in [-0.25, -0.2) is 18.4 Å². The molecule has 0 aliphatic carbocycles. The molecule has 2 amide bonds. The quantitative estimate of drug-likeness (QED) is 0.484. The fourth-order valence-corrected chi connectivity index (χ4v) is 4.16. The molecule has 1 fully saturated rings. The number of rotatable bonds is 4. The van der Waals surface area contributed by atoms with Crippen LogP contribution in [0.4, 0.5) is 24.1 Å². The molecule has 0 radical (unpaired) electrons. The lowest BCUT2D eigenvalue weighted by Gasteiger charge is -2.38. The lowest BCUT2D eigenvalue weighted by Crippen LogP contribution is -2.47. The van der Waals surface area contributed by atoms with Crippen LogP contribution in [0, 0.1) is 11.6 Å². The highest BCUT2D eigenvalue weighted by Crippen LogP contribution is 2.34. The van der Waals surface area contributed by atoms with Gasteiger partial charge in [-0.15, -0.1) is 0 Å². The minimum Gasteiger partial charge on any atom is -0.465 e. The van der Waals surface area contributed by atoms with Gasteiger partial charge in [-0.3, -0.25) is 10.4 Å². The first-order chi connectivity index (χ1) is 15.3. The number of aromatic amines is 1. The Balaban J connectivity index is 1.63. The summed E-state index contributed by atoms with van der Waals surface area (Å²) in [5.74, 6) is -1.37. The molecule has 0 bridgehead atoms. The third kappa shape index (κ3) is 4.59. The number of carboxylic acid groups (broad SMARTS) is 1. The fourth-order valence-electron chi connectivity index (χ4n) is 3.93. The number of aromatic nitrogens is 2. The second kappa shape index (κ2) is 8.99. The van der Waals surface area contributed by atoms with Crippen molar-refractivity contribution in [3.05, 3.63) is 58.7 Å². The summed E-state index contributed by atoms with van der Waals surface area (Å²) in [6.45, 7) is 0.246. The Morgan fingerprint density at radius 1 is 1.25 bits per heavy atom. The van der Waals surface area contributed by atoms with E-state index in [0.717, 1.165) is 12.1 Å². The molecular formula is C21H19ClF2N4O4. The van der Waals surface area contributed by atoms with E-state index in [1.807, 2.05) is 0 Å². The molecule has 3 aromatic rings. The van der Waals surface area contributed by atoms with E-state index in [1.165, 1.54) is 29.3 Å². The second-order valence-corrected chi connectivity index (χ2v) is 7.92. The molecular weight excluding hydrogens is 446 g/mol. The van der Waals surface area contributed by atoms with Crippen molar-refractivity contribution in [2.75, 3.05) is 11.9 Å². The van der Waals surface area contributed by atoms with Crippen LogP contribution in [0.15, 0.2) is 36.5 Å². The number of amides is 2. The van der Waals surface area contributed by atoms with Gasteiger partial charge in [0.05, 0.1) is 23.4 Å². The van der Waals surface area contributed by atoms with E-state index in [-0.39, 0.29) is 22.8 Å². The van der Waals surface area contributed by atoms with Gasteiger partial charge in [0, 0.05) is 23.0 Å². The van der Waals surface area contributed by atoms with Gasteiger partial charge in [-0.1, -0.05) is 11.6 Å². The van der Waals surface area contributed by atoms with E-state index in [9.17, 15) is 23.5 Å². The van der Waals surface area contributed by atoms with Crippen LogP contribution in [-0.2, 0) is 4.74 Å². The minimum atomic E-state index is -1.18. The minimum absolute atomic E-state index is 0.0724. The molecule has 0 spiro atoms. The first-order valence-electron chi connectivity index (χ1n) is 9.87. The van der Waals surface area contributed by atoms with Crippen molar-refractivity contribution in [1.29, 1.82) is 0 Å². The molecule has 1 aromatic heterocycles. The van der Waals surface area contributed by atoms with Gasteiger partial charge in [0.15, 0.2) is 0 Å². The van der Waals surface area contributed by atoms with E-state index in [4.69, 9.17) is 16.3 Å². The van der Waals surface area contributed by atoms with Crippen LogP contribution in [0.5, 0.6) is 0 Å². The van der Waals surface area contributed by atoms with Gasteiger partial charge >= 0.3 is 12.2 Å². The van der Waals surface area contributed by atoms with Crippen molar-refractivity contribution in [1.82, 2.24) is 15.1 Å². The normalized spacial score (nSPS) is 17.2. The Morgan fingerprint density at radius 2 is 2.06 bits per heavy atom. The first-order valence-corrected chi connectivity index (χ1v) is 10.3. The summed E-state index contributed by atoms with van der Waals surface area (Å²) in [6, 6.07) is 5.44. The van der Waals surface area contributed by atoms with E-state index < -0.39 is 36.0 Å². The Hall–Kier alpha value is -3.40. The molecule has 1 aliphatic rings. The van der Waals surface area contributed by atoms with Gasteiger partial charge < -0.3 is 14.7 Å². The molecule has 2 aromatic carbocycles. The number of fused-ring (bicyclic) bond motifs is 1. The summed E-state index contributed by atoms with van der Waals surface area (Å²) < 4.78 is 34.0. The number of H-pyrrole nitrogens is 1. The van der Waals surface area contributed by atoms with E-state index in [0.29, 0.717) is 30.2 Å². The molecule has 1 aliphatic heterocycles. The van der Waals surface area contributed by atoms with Crippen LogP contribution in [0.2, 0.25) is 5.02 Å². The number of anilines is 1. The van der Waals surface area contributed by atoms with Crippen molar-refractivity contribution in [3.63, 3.8) is 0 Å². The summed E-state index contributed by atoms with van der Waals surface area (Å²) in [5, 5.41) is 19.0. The van der Waals surface area contributed by atoms with Crippen LogP contribution < -0.4 is 5.32 Å². The van der Waals surface area contributed by atoms with Crippen LogP contribution in [-0.4, -0.2) is 45.0 Å². The smallest absolute Gasteiger partial charge is 0.412 e. The van der Waals surface area contributed by atoms with E-state index >= 15 is 0 Å². The number of carbonyl (C=O) groups is 2. The summed E-state index contributed by atoms with van der Waals surface area (Å²) in [5.41, 5.74) is 0.515. The van der Waals surface area contributed by atoms with Gasteiger partial charge in [0.1, 0.15) is 17.7 Å². The van der Waals surface area contributed by atoms with Crippen molar-refractivity contribution >= 4 is 40.4 Å². The number of likely N-dealkylation sites (tertiary alicyclic amines) is 1. The van der Waals surface area contributed by atoms with Gasteiger partial charge in [-0.05, 0) is 49.1 Å². The molecule has 0 saturated carbocycles. The Kier molecular flexibility index (Phi) is 6.13. The molecule has 3 N–H and O–H groups in total. The molecule has 2 atom stereocenters. The standard InChI is InChI=1S/C21H19ClF2N4O4/c22-13-5-11(6-14(23)8-13)19(18-3-1-2-4-28(18)21(30)31)32-20(29)26-17-7-12-10-25-27-16(12)9-15(17)24/h5-10,18-19H,1-4H2,(H,25,27)(H,26,29)(H,30,31)/t18-,19?/m0/s1. The number of halogens is 3. The molecule has 168 valence electrons. The van der Waals surface area contributed by atoms with Crippen molar-refractivity contribution in [2.24, 2.45) is 0 Å². The molecule has 32 heavy (non-hydrogen) atoms. The van der Waals surface area contributed by atoms with Crippen molar-refractivity contribution in [2.45, 2.75) is 31.4 Å². The molecule has 4 rings (SSSR count). The third-order valence-corrected chi connectivity index (χ3v) is 5.57. The van der Waals surface area contributed by atoms with Crippen LogP contribution in [0.3, 0.4) is 0 Å². The van der Waals surface area contributed by atoms with Crippen LogP contribution >= 0.6 is 11.6 Å². The number of carbonyl (C=O) groups excluding carboxylic acids is 1. The maximum atomic E-state index is 14.4. The highest BCUT2D eigenvalue weighted by molar-refractivity contribution is 6.30.